The molecule has 156 valence electrons. The first kappa shape index (κ1) is 19.0. The van der Waals surface area contributed by atoms with Crippen LogP contribution >= 0.6 is 0 Å². The molecule has 1 fully saturated rings. The SMILES string of the molecule is CCC1C=C2C=CC(F)=CN2C(c2ncc3[nH]c(=O)n(C[C@@H]4CCCNC4)c3n2)=C1. The number of hydrogen-bond acceptors (Lipinski definition) is 5. The Hall–Kier alpha value is -3.00. The molecule has 2 atom stereocenters. The van der Waals surface area contributed by atoms with Gasteiger partial charge >= 0.3 is 5.69 Å². The van der Waals surface area contributed by atoms with Gasteiger partial charge in [-0.25, -0.2) is 19.2 Å². The third-order valence-electron chi connectivity index (χ3n) is 6.01. The molecule has 3 aliphatic rings. The Balaban J connectivity index is 1.55. The predicted octanol–water partition coefficient (Wildman–Crippen LogP) is 3.07. The van der Waals surface area contributed by atoms with Gasteiger partial charge < -0.3 is 15.2 Å². The van der Waals surface area contributed by atoms with Gasteiger partial charge in [0.15, 0.2) is 11.5 Å². The topological polar surface area (TPSA) is 78.8 Å². The Kier molecular flexibility index (Phi) is 4.86. The maximum absolute atomic E-state index is 14.0. The molecule has 2 aromatic heterocycles. The highest BCUT2D eigenvalue weighted by atomic mass is 19.1. The molecule has 0 aliphatic carbocycles. The number of hydrogen-bond donors (Lipinski definition) is 2. The molecule has 7 nitrogen and oxygen atoms in total. The lowest BCUT2D eigenvalue weighted by atomic mass is 9.97. The minimum Gasteiger partial charge on any atom is -0.316 e. The van der Waals surface area contributed by atoms with Crippen LogP contribution in [0.1, 0.15) is 32.0 Å². The summed E-state index contributed by atoms with van der Waals surface area (Å²) in [6, 6.07) is 0. The van der Waals surface area contributed by atoms with Crippen molar-refractivity contribution in [2.75, 3.05) is 13.1 Å². The number of aromatic amines is 1. The number of nitrogens with zero attached hydrogens (tertiary/aromatic N) is 4. The smallest absolute Gasteiger partial charge is 0.316 e. The number of piperidine rings is 1. The van der Waals surface area contributed by atoms with Crippen molar-refractivity contribution in [2.45, 2.75) is 32.7 Å². The number of halogens is 1. The molecule has 0 bridgehead atoms. The maximum Gasteiger partial charge on any atom is 0.327 e. The van der Waals surface area contributed by atoms with Crippen LogP contribution in [0.3, 0.4) is 0 Å². The first-order chi connectivity index (χ1) is 14.6. The minimum atomic E-state index is -0.322. The molecule has 2 aromatic rings. The van der Waals surface area contributed by atoms with Gasteiger partial charge in [0.05, 0.1) is 11.9 Å². The molecule has 3 aliphatic heterocycles. The summed E-state index contributed by atoms with van der Waals surface area (Å²) in [4.78, 5) is 26.5. The summed E-state index contributed by atoms with van der Waals surface area (Å²) in [5.74, 6) is 0.773. The molecule has 5 rings (SSSR count). The van der Waals surface area contributed by atoms with Crippen LogP contribution in [-0.4, -0.2) is 37.5 Å². The van der Waals surface area contributed by atoms with Crippen molar-refractivity contribution in [1.29, 1.82) is 0 Å². The number of H-pyrrole nitrogens is 1. The number of imidazole rings is 1. The van der Waals surface area contributed by atoms with Gasteiger partial charge in [-0.15, -0.1) is 0 Å². The predicted molar refractivity (Wildman–Crippen MR) is 114 cm³/mol. The fourth-order valence-corrected chi connectivity index (χ4v) is 4.38. The Bertz CT molecular complexity index is 1150. The molecule has 2 N–H and O–H groups in total. The molecule has 1 unspecified atom stereocenters. The second-order valence-electron chi connectivity index (χ2n) is 8.12. The summed E-state index contributed by atoms with van der Waals surface area (Å²) < 4.78 is 15.7. The van der Waals surface area contributed by atoms with Crippen molar-refractivity contribution in [2.24, 2.45) is 11.8 Å². The van der Waals surface area contributed by atoms with Crippen LogP contribution in [-0.2, 0) is 6.54 Å². The maximum atomic E-state index is 14.0. The third kappa shape index (κ3) is 3.41. The normalized spacial score (nSPS) is 23.8. The van der Waals surface area contributed by atoms with E-state index in [1.54, 1.807) is 21.7 Å². The van der Waals surface area contributed by atoms with Gasteiger partial charge in [0.2, 0.25) is 0 Å². The Labute approximate surface area is 173 Å². The van der Waals surface area contributed by atoms with Crippen LogP contribution < -0.4 is 11.0 Å². The van der Waals surface area contributed by atoms with E-state index in [4.69, 9.17) is 4.98 Å². The summed E-state index contributed by atoms with van der Waals surface area (Å²) in [5.41, 5.74) is 2.69. The van der Waals surface area contributed by atoms with Gasteiger partial charge in [0.1, 0.15) is 11.3 Å². The van der Waals surface area contributed by atoms with Gasteiger partial charge in [0, 0.05) is 18.4 Å². The monoisotopic (exact) mass is 408 g/mol. The average Bonchev–Trinajstić information content (AvgIpc) is 3.08. The molecule has 1 saturated heterocycles. The number of aromatic nitrogens is 4. The summed E-state index contributed by atoms with van der Waals surface area (Å²) in [6.45, 7) is 4.66. The lowest BCUT2D eigenvalue weighted by molar-refractivity contribution is 0.337. The first-order valence-corrected chi connectivity index (χ1v) is 10.6. The Morgan fingerprint density at radius 2 is 2.20 bits per heavy atom. The zero-order valence-corrected chi connectivity index (χ0v) is 16.9. The molecule has 8 heteroatoms. The van der Waals surface area contributed by atoms with E-state index < -0.39 is 0 Å². The second-order valence-corrected chi connectivity index (χ2v) is 8.12. The van der Waals surface area contributed by atoms with Gasteiger partial charge in [0.25, 0.3) is 0 Å². The van der Waals surface area contributed by atoms with Crippen LogP contribution in [0.25, 0.3) is 16.9 Å². The lowest BCUT2D eigenvalue weighted by Crippen LogP contribution is -2.34. The van der Waals surface area contributed by atoms with Crippen LogP contribution in [0.15, 0.2) is 53.0 Å². The lowest BCUT2D eigenvalue weighted by Gasteiger charge is -2.31. The number of nitrogens with one attached hydrogen (secondary N) is 2. The molecule has 0 aromatic carbocycles. The third-order valence-corrected chi connectivity index (χ3v) is 6.01. The van der Waals surface area contributed by atoms with Gasteiger partial charge in [-0.2, -0.15) is 0 Å². The molecule has 0 spiro atoms. The van der Waals surface area contributed by atoms with Gasteiger partial charge in [-0.3, -0.25) is 4.57 Å². The van der Waals surface area contributed by atoms with E-state index in [1.165, 1.54) is 12.3 Å². The van der Waals surface area contributed by atoms with Crippen LogP contribution in [0.5, 0.6) is 0 Å². The molecule has 0 radical (unpaired) electrons. The minimum absolute atomic E-state index is 0.168. The quantitative estimate of drug-likeness (QED) is 0.813. The highest BCUT2D eigenvalue weighted by Gasteiger charge is 2.25. The Morgan fingerprint density at radius 1 is 1.30 bits per heavy atom. The van der Waals surface area contributed by atoms with Gasteiger partial charge in [-0.05, 0) is 62.4 Å². The number of rotatable bonds is 4. The summed E-state index contributed by atoms with van der Waals surface area (Å²) in [7, 11) is 0. The van der Waals surface area contributed by atoms with E-state index in [1.807, 2.05) is 0 Å². The van der Waals surface area contributed by atoms with Crippen LogP contribution in [0.4, 0.5) is 4.39 Å². The van der Waals surface area contributed by atoms with Crippen LogP contribution in [0, 0.1) is 11.8 Å². The highest BCUT2D eigenvalue weighted by Crippen LogP contribution is 2.34. The second kappa shape index (κ2) is 7.68. The van der Waals surface area contributed by atoms with Gasteiger partial charge in [-0.1, -0.05) is 13.0 Å². The van der Waals surface area contributed by atoms with E-state index in [0.717, 1.165) is 43.7 Å². The van der Waals surface area contributed by atoms with Crippen molar-refractivity contribution in [1.82, 2.24) is 29.7 Å². The van der Waals surface area contributed by atoms with Crippen LogP contribution in [0.2, 0.25) is 0 Å². The van der Waals surface area contributed by atoms with Crippen molar-refractivity contribution in [3.63, 3.8) is 0 Å². The van der Waals surface area contributed by atoms with E-state index in [2.05, 4.69) is 34.4 Å². The molecule has 30 heavy (non-hydrogen) atoms. The molecule has 0 saturated carbocycles. The fraction of sp³-hybridized carbons (Fsp3) is 0.409. The number of fused-ring (bicyclic) bond motifs is 2. The zero-order chi connectivity index (χ0) is 20.7. The largest absolute Gasteiger partial charge is 0.327 e. The van der Waals surface area contributed by atoms with Crippen molar-refractivity contribution < 1.29 is 4.39 Å². The zero-order valence-electron chi connectivity index (χ0n) is 16.9. The van der Waals surface area contributed by atoms with E-state index >= 15 is 0 Å². The standard InChI is InChI=1S/C22H25FN6O/c1-2-14-8-17-6-5-16(23)13-28(17)19(9-14)20-25-11-18-21(27-20)29(22(30)26-18)12-15-4-3-7-24-10-15/h5-6,8-9,11,13-15,24H,2-4,7,10,12H2,1H3,(H,26,30)/t14?,15-/m1/s1. The summed E-state index contributed by atoms with van der Waals surface area (Å²) in [5, 5.41) is 3.40. The molecular weight excluding hydrogens is 383 g/mol. The fourth-order valence-electron chi connectivity index (χ4n) is 4.38. The molecule has 5 heterocycles. The van der Waals surface area contributed by atoms with Crippen molar-refractivity contribution in [3.8, 4) is 0 Å². The van der Waals surface area contributed by atoms with Crippen molar-refractivity contribution >= 4 is 16.9 Å². The first-order valence-electron chi connectivity index (χ1n) is 10.6. The summed E-state index contributed by atoms with van der Waals surface area (Å²) >= 11 is 0. The highest BCUT2D eigenvalue weighted by molar-refractivity contribution is 5.74. The van der Waals surface area contributed by atoms with E-state index in [-0.39, 0.29) is 17.4 Å². The average molecular weight is 408 g/mol. The molecule has 0 amide bonds. The van der Waals surface area contributed by atoms with Crippen molar-refractivity contribution in [3.05, 3.63) is 64.5 Å². The molecular formula is C22H25FN6O. The summed E-state index contributed by atoms with van der Waals surface area (Å²) in [6.07, 6.45) is 13.6. The van der Waals surface area contributed by atoms with E-state index in [9.17, 15) is 9.18 Å². The van der Waals surface area contributed by atoms with E-state index in [0.29, 0.717) is 29.5 Å². The Morgan fingerprint density at radius 3 is 3.00 bits per heavy atom. The number of allylic oxidation sites excluding steroid dienone is 5.